The Kier molecular flexibility index (Phi) is 5.33. The maximum absolute atomic E-state index is 12.6. The Bertz CT molecular complexity index is 818. The van der Waals surface area contributed by atoms with Gasteiger partial charge in [-0.05, 0) is 31.0 Å². The summed E-state index contributed by atoms with van der Waals surface area (Å²) >= 11 is 0.724. The van der Waals surface area contributed by atoms with E-state index in [9.17, 15) is 22.8 Å². The number of carbonyl (C=O) groups is 1. The average Bonchev–Trinajstić information content (AvgIpc) is 2.48. The number of aryl methyl sites for hydroxylation is 1. The molecule has 1 heterocycles. The zero-order valence-corrected chi connectivity index (χ0v) is 13.6. The minimum atomic E-state index is -4.72. The van der Waals surface area contributed by atoms with E-state index in [0.717, 1.165) is 22.9 Å². The van der Waals surface area contributed by atoms with Gasteiger partial charge in [0, 0.05) is 11.8 Å². The van der Waals surface area contributed by atoms with Crippen LogP contribution in [0.1, 0.15) is 16.8 Å². The summed E-state index contributed by atoms with van der Waals surface area (Å²) < 4.78 is 37.8. The molecule has 0 spiro atoms. The highest BCUT2D eigenvalue weighted by molar-refractivity contribution is 7.99. The topological polar surface area (TPSA) is 74.8 Å². The molecule has 2 aromatic rings. The van der Waals surface area contributed by atoms with Crippen LogP contribution < -0.4 is 10.9 Å². The first-order chi connectivity index (χ1) is 11.2. The number of amides is 1. The van der Waals surface area contributed by atoms with Gasteiger partial charge in [-0.3, -0.25) is 9.59 Å². The van der Waals surface area contributed by atoms with Gasteiger partial charge in [0.05, 0.1) is 5.75 Å². The predicted octanol–water partition coefficient (Wildman–Crippen LogP) is 3.14. The second-order valence-electron chi connectivity index (χ2n) is 5.02. The second kappa shape index (κ2) is 7.08. The lowest BCUT2D eigenvalue weighted by Gasteiger charge is -2.10. The number of nitrogens with zero attached hydrogens (tertiary/aromatic N) is 1. The molecule has 0 atom stereocenters. The summed E-state index contributed by atoms with van der Waals surface area (Å²) in [6, 6.07) is 5.80. The monoisotopic (exact) mass is 357 g/mol. The molecule has 0 unspecified atom stereocenters. The molecule has 0 bridgehead atoms. The maximum atomic E-state index is 12.6. The lowest BCUT2D eigenvalue weighted by molar-refractivity contribution is -0.141. The number of nitrogens with one attached hydrogen (secondary N) is 2. The molecule has 24 heavy (non-hydrogen) atoms. The van der Waals surface area contributed by atoms with Crippen LogP contribution in [0.2, 0.25) is 0 Å². The third-order valence-corrected chi connectivity index (χ3v) is 4.10. The number of benzene rings is 1. The standard InChI is InChI=1S/C15H14F3N3O2S/c1-8-4-3-5-10(9(8)2)19-13(23)7-24-14-20-11(15(16,17)18)6-12(22)21-14/h3-6H,7H2,1-2H3,(H,19,23)(H,20,21,22). The van der Waals surface area contributed by atoms with E-state index in [1.165, 1.54) is 0 Å². The number of anilines is 1. The molecule has 1 aromatic carbocycles. The van der Waals surface area contributed by atoms with Crippen molar-refractivity contribution in [3.63, 3.8) is 0 Å². The lowest BCUT2D eigenvalue weighted by atomic mass is 10.1. The summed E-state index contributed by atoms with van der Waals surface area (Å²) in [6.45, 7) is 3.75. The van der Waals surface area contributed by atoms with Gasteiger partial charge in [0.1, 0.15) is 0 Å². The van der Waals surface area contributed by atoms with Gasteiger partial charge < -0.3 is 10.3 Å². The number of aromatic nitrogens is 2. The minimum Gasteiger partial charge on any atom is -0.325 e. The summed E-state index contributed by atoms with van der Waals surface area (Å²) in [5.41, 5.74) is 0.329. The molecule has 0 aliphatic rings. The number of H-pyrrole nitrogens is 1. The number of hydrogen-bond acceptors (Lipinski definition) is 4. The molecule has 1 aromatic heterocycles. The molecule has 0 saturated heterocycles. The first-order valence-corrected chi connectivity index (χ1v) is 7.83. The molecule has 2 N–H and O–H groups in total. The van der Waals surface area contributed by atoms with Gasteiger partial charge >= 0.3 is 6.18 Å². The Morgan fingerprint density at radius 2 is 2.04 bits per heavy atom. The second-order valence-corrected chi connectivity index (χ2v) is 5.98. The van der Waals surface area contributed by atoms with Crippen LogP contribution in [0.25, 0.3) is 0 Å². The van der Waals surface area contributed by atoms with Gasteiger partial charge in [-0.15, -0.1) is 0 Å². The Labute approximate surface area is 139 Å². The third kappa shape index (κ3) is 4.60. The molecule has 1 amide bonds. The van der Waals surface area contributed by atoms with Crippen LogP contribution in [-0.2, 0) is 11.0 Å². The molecular weight excluding hydrogens is 343 g/mol. The van der Waals surface area contributed by atoms with Crippen LogP contribution in [0.4, 0.5) is 18.9 Å². The van der Waals surface area contributed by atoms with Gasteiger partial charge in [0.2, 0.25) is 5.91 Å². The molecule has 0 radical (unpaired) electrons. The molecule has 9 heteroatoms. The Morgan fingerprint density at radius 1 is 1.33 bits per heavy atom. The minimum absolute atomic E-state index is 0.183. The number of carbonyl (C=O) groups excluding carboxylic acids is 1. The van der Waals surface area contributed by atoms with Crippen molar-refractivity contribution in [1.29, 1.82) is 0 Å². The van der Waals surface area contributed by atoms with Crippen molar-refractivity contribution in [3.05, 3.63) is 51.4 Å². The SMILES string of the molecule is Cc1cccc(NC(=O)CSc2nc(C(F)(F)F)cc(=O)[nH]2)c1C. The van der Waals surface area contributed by atoms with Crippen LogP contribution in [0.15, 0.2) is 34.2 Å². The van der Waals surface area contributed by atoms with Crippen LogP contribution in [0, 0.1) is 13.8 Å². The van der Waals surface area contributed by atoms with Gasteiger partial charge in [0.15, 0.2) is 10.9 Å². The van der Waals surface area contributed by atoms with E-state index in [2.05, 4.69) is 15.3 Å². The van der Waals surface area contributed by atoms with Crippen LogP contribution >= 0.6 is 11.8 Å². The van der Waals surface area contributed by atoms with Gasteiger partial charge in [0.25, 0.3) is 5.56 Å². The fourth-order valence-electron chi connectivity index (χ4n) is 1.86. The summed E-state index contributed by atoms with van der Waals surface area (Å²) in [5.74, 6) is -0.591. The number of hydrogen-bond donors (Lipinski definition) is 2. The quantitative estimate of drug-likeness (QED) is 0.651. The highest BCUT2D eigenvalue weighted by atomic mass is 32.2. The largest absolute Gasteiger partial charge is 0.433 e. The molecule has 5 nitrogen and oxygen atoms in total. The van der Waals surface area contributed by atoms with E-state index in [0.29, 0.717) is 11.8 Å². The molecule has 0 aliphatic heterocycles. The fourth-order valence-corrected chi connectivity index (χ4v) is 2.53. The van der Waals surface area contributed by atoms with Crippen molar-refractivity contribution in [2.24, 2.45) is 0 Å². The van der Waals surface area contributed by atoms with Crippen LogP contribution in [-0.4, -0.2) is 21.6 Å². The number of aromatic amines is 1. The highest BCUT2D eigenvalue weighted by Crippen LogP contribution is 2.27. The van der Waals surface area contributed by atoms with Crippen molar-refractivity contribution in [2.75, 3.05) is 11.1 Å². The number of rotatable bonds is 4. The number of thioether (sulfide) groups is 1. The average molecular weight is 357 g/mol. The summed E-state index contributed by atoms with van der Waals surface area (Å²) in [5, 5.41) is 2.42. The van der Waals surface area contributed by atoms with Crippen LogP contribution in [0.3, 0.4) is 0 Å². The molecule has 0 saturated carbocycles. The molecule has 128 valence electrons. The van der Waals surface area contributed by atoms with Gasteiger partial charge in [-0.25, -0.2) is 4.98 Å². The molecule has 0 aliphatic carbocycles. The van der Waals surface area contributed by atoms with Crippen molar-refractivity contribution in [1.82, 2.24) is 9.97 Å². The zero-order chi connectivity index (χ0) is 17.9. The summed E-state index contributed by atoms with van der Waals surface area (Å²) in [4.78, 5) is 28.7. The number of alkyl halides is 3. The first kappa shape index (κ1) is 18.1. The number of halogens is 3. The Hall–Kier alpha value is -2.29. The van der Waals surface area contributed by atoms with Crippen molar-refractivity contribution in [3.8, 4) is 0 Å². The van der Waals surface area contributed by atoms with Gasteiger partial charge in [-0.2, -0.15) is 13.2 Å². The summed E-state index contributed by atoms with van der Waals surface area (Å²) in [6.07, 6.45) is -4.72. The van der Waals surface area contributed by atoms with E-state index in [-0.39, 0.29) is 10.9 Å². The summed E-state index contributed by atoms with van der Waals surface area (Å²) in [7, 11) is 0. The normalized spacial score (nSPS) is 11.4. The van der Waals surface area contributed by atoms with Crippen LogP contribution in [0.5, 0.6) is 0 Å². The predicted molar refractivity (Wildman–Crippen MR) is 85.1 cm³/mol. The van der Waals surface area contributed by atoms with E-state index in [4.69, 9.17) is 0 Å². The van der Waals surface area contributed by atoms with E-state index in [1.54, 1.807) is 12.1 Å². The first-order valence-electron chi connectivity index (χ1n) is 6.84. The maximum Gasteiger partial charge on any atom is 0.433 e. The van der Waals surface area contributed by atoms with E-state index >= 15 is 0 Å². The Balaban J connectivity index is 2.05. The fraction of sp³-hybridized carbons (Fsp3) is 0.267. The van der Waals surface area contributed by atoms with Gasteiger partial charge in [-0.1, -0.05) is 23.9 Å². The van der Waals surface area contributed by atoms with Crippen molar-refractivity contribution >= 4 is 23.4 Å². The van der Waals surface area contributed by atoms with Crippen molar-refractivity contribution < 1.29 is 18.0 Å². The Morgan fingerprint density at radius 3 is 2.71 bits per heavy atom. The molecular formula is C15H14F3N3O2S. The smallest absolute Gasteiger partial charge is 0.325 e. The van der Waals surface area contributed by atoms with E-state index in [1.807, 2.05) is 19.9 Å². The van der Waals surface area contributed by atoms with Crippen molar-refractivity contribution in [2.45, 2.75) is 25.2 Å². The zero-order valence-electron chi connectivity index (χ0n) is 12.8. The highest BCUT2D eigenvalue weighted by Gasteiger charge is 2.33. The molecule has 0 fully saturated rings. The molecule has 2 rings (SSSR count). The van der Waals surface area contributed by atoms with E-state index < -0.39 is 23.3 Å². The lowest BCUT2D eigenvalue weighted by Crippen LogP contribution is -2.18. The third-order valence-electron chi connectivity index (χ3n) is 3.23.